The second kappa shape index (κ2) is 8.51. The number of imide groups is 1. The molecule has 2 aliphatic carbocycles. The summed E-state index contributed by atoms with van der Waals surface area (Å²) in [5.74, 6) is 0.300. The molecule has 2 rings (SSSR count). The summed E-state index contributed by atoms with van der Waals surface area (Å²) in [6, 6.07) is 0.361. The largest absolute Gasteiger partial charge is 0.335 e. The van der Waals surface area contributed by atoms with Gasteiger partial charge >= 0.3 is 6.03 Å². The maximum Gasteiger partial charge on any atom is 0.321 e. The number of carbonyl (C=O) groups excluding carboxylic acids is 2. The van der Waals surface area contributed by atoms with Gasteiger partial charge in [0.05, 0.1) is 6.54 Å². The summed E-state index contributed by atoms with van der Waals surface area (Å²) in [6.45, 7) is 2.47. The van der Waals surface area contributed by atoms with E-state index < -0.39 is 0 Å². The zero-order valence-corrected chi connectivity index (χ0v) is 14.1. The predicted octanol–water partition coefficient (Wildman–Crippen LogP) is 2.66. The van der Waals surface area contributed by atoms with Crippen molar-refractivity contribution in [1.29, 1.82) is 0 Å². The van der Waals surface area contributed by atoms with Gasteiger partial charge in [-0.2, -0.15) is 0 Å². The first-order valence-electron chi connectivity index (χ1n) is 8.87. The minimum atomic E-state index is -0.333. The highest BCUT2D eigenvalue weighted by molar-refractivity contribution is 5.95. The topological polar surface area (TPSA) is 61.4 Å². The van der Waals surface area contributed by atoms with Crippen molar-refractivity contribution in [1.82, 2.24) is 15.5 Å². The van der Waals surface area contributed by atoms with Crippen LogP contribution in [0.15, 0.2) is 0 Å². The van der Waals surface area contributed by atoms with Crippen LogP contribution >= 0.6 is 0 Å². The van der Waals surface area contributed by atoms with Gasteiger partial charge in [-0.05, 0) is 38.6 Å². The Morgan fingerprint density at radius 1 is 1.00 bits per heavy atom. The monoisotopic (exact) mass is 309 g/mol. The van der Waals surface area contributed by atoms with Gasteiger partial charge in [0.25, 0.3) is 0 Å². The SMILES string of the molecule is CC1CCCCC1NC(=O)NC(=O)CN(C)C1CCCCC1. The molecule has 22 heavy (non-hydrogen) atoms. The number of hydrogen-bond donors (Lipinski definition) is 2. The minimum absolute atomic E-state index is 0.200. The second-order valence-electron chi connectivity index (χ2n) is 7.10. The Hall–Kier alpha value is -1.10. The molecule has 0 radical (unpaired) electrons. The molecule has 2 saturated carbocycles. The summed E-state index contributed by atoms with van der Waals surface area (Å²) in [5.41, 5.74) is 0. The number of likely N-dealkylation sites (N-methyl/N-ethyl adjacent to an activating group) is 1. The third-order valence-corrected chi connectivity index (χ3v) is 5.27. The molecule has 2 fully saturated rings. The van der Waals surface area contributed by atoms with Gasteiger partial charge in [0.2, 0.25) is 5.91 Å². The quantitative estimate of drug-likeness (QED) is 0.839. The fraction of sp³-hybridized carbons (Fsp3) is 0.882. The van der Waals surface area contributed by atoms with E-state index in [1.165, 1.54) is 25.7 Å². The van der Waals surface area contributed by atoms with E-state index in [-0.39, 0.29) is 18.0 Å². The van der Waals surface area contributed by atoms with E-state index in [1.807, 2.05) is 7.05 Å². The van der Waals surface area contributed by atoms with Crippen LogP contribution in [0.25, 0.3) is 0 Å². The van der Waals surface area contributed by atoms with E-state index in [9.17, 15) is 9.59 Å². The third kappa shape index (κ3) is 5.27. The van der Waals surface area contributed by atoms with Crippen LogP contribution in [0.5, 0.6) is 0 Å². The number of amides is 3. The van der Waals surface area contributed by atoms with Gasteiger partial charge in [-0.25, -0.2) is 4.79 Å². The normalized spacial score (nSPS) is 26.7. The van der Waals surface area contributed by atoms with Crippen LogP contribution in [-0.4, -0.2) is 42.5 Å². The Bertz CT molecular complexity index is 380. The van der Waals surface area contributed by atoms with Crippen LogP contribution in [0.3, 0.4) is 0 Å². The Labute approximate surface area is 134 Å². The molecule has 0 aliphatic heterocycles. The number of urea groups is 1. The summed E-state index contributed by atoms with van der Waals surface area (Å²) in [5, 5.41) is 5.45. The Kier molecular flexibility index (Phi) is 6.68. The summed E-state index contributed by atoms with van der Waals surface area (Å²) in [7, 11) is 1.98. The van der Waals surface area contributed by atoms with Crippen LogP contribution in [0.4, 0.5) is 4.79 Å². The van der Waals surface area contributed by atoms with E-state index >= 15 is 0 Å². The molecule has 0 bridgehead atoms. The molecule has 5 nitrogen and oxygen atoms in total. The van der Waals surface area contributed by atoms with Crippen LogP contribution in [-0.2, 0) is 4.79 Å². The summed E-state index contributed by atoms with van der Waals surface area (Å²) in [4.78, 5) is 26.1. The van der Waals surface area contributed by atoms with Crippen LogP contribution in [0, 0.1) is 5.92 Å². The lowest BCUT2D eigenvalue weighted by molar-refractivity contribution is -0.121. The van der Waals surface area contributed by atoms with Crippen molar-refractivity contribution in [3.8, 4) is 0 Å². The molecule has 126 valence electrons. The average Bonchev–Trinajstić information content (AvgIpc) is 2.50. The van der Waals surface area contributed by atoms with E-state index in [1.54, 1.807) is 0 Å². The molecule has 0 aromatic rings. The Balaban J connectivity index is 1.70. The van der Waals surface area contributed by atoms with Crippen LogP contribution < -0.4 is 10.6 Å². The maximum absolute atomic E-state index is 12.0. The molecule has 0 spiro atoms. The highest BCUT2D eigenvalue weighted by atomic mass is 16.2. The van der Waals surface area contributed by atoms with Gasteiger partial charge in [-0.15, -0.1) is 0 Å². The zero-order valence-electron chi connectivity index (χ0n) is 14.1. The van der Waals surface area contributed by atoms with Gasteiger partial charge in [-0.1, -0.05) is 39.0 Å². The van der Waals surface area contributed by atoms with Crippen molar-refractivity contribution in [2.24, 2.45) is 5.92 Å². The summed E-state index contributed by atoms with van der Waals surface area (Å²) < 4.78 is 0. The number of rotatable bonds is 4. The van der Waals surface area contributed by atoms with Crippen molar-refractivity contribution >= 4 is 11.9 Å². The first-order valence-corrected chi connectivity index (χ1v) is 8.87. The first kappa shape index (κ1) is 17.3. The lowest BCUT2D eigenvalue weighted by Crippen LogP contribution is -2.50. The fourth-order valence-corrected chi connectivity index (χ4v) is 3.78. The first-order chi connectivity index (χ1) is 10.6. The van der Waals surface area contributed by atoms with Crippen molar-refractivity contribution in [2.75, 3.05) is 13.6 Å². The second-order valence-corrected chi connectivity index (χ2v) is 7.10. The van der Waals surface area contributed by atoms with E-state index in [0.717, 1.165) is 32.1 Å². The Morgan fingerprint density at radius 2 is 1.64 bits per heavy atom. The minimum Gasteiger partial charge on any atom is -0.335 e. The number of hydrogen-bond acceptors (Lipinski definition) is 3. The van der Waals surface area contributed by atoms with Crippen molar-refractivity contribution in [3.63, 3.8) is 0 Å². The lowest BCUT2D eigenvalue weighted by atomic mass is 9.86. The molecule has 3 amide bonds. The van der Waals surface area contributed by atoms with Crippen LogP contribution in [0.2, 0.25) is 0 Å². The van der Waals surface area contributed by atoms with Crippen molar-refractivity contribution in [3.05, 3.63) is 0 Å². The molecule has 0 heterocycles. The lowest BCUT2D eigenvalue weighted by Gasteiger charge is -2.31. The zero-order chi connectivity index (χ0) is 15.9. The van der Waals surface area contributed by atoms with Crippen molar-refractivity contribution in [2.45, 2.75) is 76.8 Å². The number of nitrogens with one attached hydrogen (secondary N) is 2. The Morgan fingerprint density at radius 3 is 2.32 bits per heavy atom. The smallest absolute Gasteiger partial charge is 0.321 e. The molecule has 2 N–H and O–H groups in total. The summed E-state index contributed by atoms with van der Waals surface area (Å²) in [6.07, 6.45) is 10.7. The third-order valence-electron chi connectivity index (χ3n) is 5.27. The standard InChI is InChI=1S/C17H31N3O2/c1-13-8-6-7-11-15(13)18-17(22)19-16(21)12-20(2)14-9-4-3-5-10-14/h13-15H,3-12H2,1-2H3,(H2,18,19,21,22). The van der Waals surface area contributed by atoms with Crippen molar-refractivity contribution < 1.29 is 9.59 Å². The molecule has 0 aromatic carbocycles. The van der Waals surface area contributed by atoms with Crippen LogP contribution in [0.1, 0.15) is 64.7 Å². The van der Waals surface area contributed by atoms with Gasteiger partial charge < -0.3 is 5.32 Å². The molecule has 0 saturated heterocycles. The maximum atomic E-state index is 12.0. The molecule has 2 unspecified atom stereocenters. The fourth-order valence-electron chi connectivity index (χ4n) is 3.78. The number of nitrogens with zero attached hydrogens (tertiary/aromatic N) is 1. The summed E-state index contributed by atoms with van der Waals surface area (Å²) >= 11 is 0. The van der Waals surface area contributed by atoms with E-state index in [0.29, 0.717) is 18.5 Å². The molecule has 5 heteroatoms. The highest BCUT2D eigenvalue weighted by Crippen LogP contribution is 2.23. The van der Waals surface area contributed by atoms with Gasteiger partial charge in [0, 0.05) is 12.1 Å². The number of carbonyl (C=O) groups is 2. The van der Waals surface area contributed by atoms with Gasteiger partial charge in [0.15, 0.2) is 0 Å². The highest BCUT2D eigenvalue weighted by Gasteiger charge is 2.24. The van der Waals surface area contributed by atoms with Gasteiger partial charge in [-0.3, -0.25) is 15.0 Å². The average molecular weight is 309 g/mol. The predicted molar refractivity (Wildman–Crippen MR) is 87.6 cm³/mol. The molecular formula is C17H31N3O2. The molecule has 2 atom stereocenters. The molecular weight excluding hydrogens is 278 g/mol. The van der Waals surface area contributed by atoms with E-state index in [4.69, 9.17) is 0 Å². The van der Waals surface area contributed by atoms with Gasteiger partial charge in [0.1, 0.15) is 0 Å². The van der Waals surface area contributed by atoms with E-state index in [2.05, 4.69) is 22.5 Å². The molecule has 2 aliphatic rings. The molecule has 0 aromatic heterocycles.